The number of carbonyl (C=O) groups excluding carboxylic acids is 6. The number of methoxy groups -OCH3 is 1. The Kier molecular flexibility index (Phi) is 11.9. The van der Waals surface area contributed by atoms with Gasteiger partial charge in [-0.3, -0.25) is 33.8 Å². The molecule has 2 aliphatic carbocycles. The minimum absolute atomic E-state index is 0.00719. The number of fused-ring (bicyclic) bond motifs is 1. The van der Waals surface area contributed by atoms with Crippen LogP contribution in [0.2, 0.25) is 0 Å². The molecule has 3 fully saturated rings. The normalized spacial score (nSPS) is 23.2. The summed E-state index contributed by atoms with van der Waals surface area (Å²) in [5.74, 6) is -4.07. The number of likely N-dealkylation sites (tertiary alicyclic amines) is 1. The number of ether oxygens (including phenoxy) is 1. The molecule has 1 saturated heterocycles. The third-order valence-corrected chi connectivity index (χ3v) is 9.72. The van der Waals surface area contributed by atoms with E-state index in [4.69, 9.17) is 4.74 Å². The lowest BCUT2D eigenvalue weighted by Crippen LogP contribution is -2.60. The maximum atomic E-state index is 14.4. The first-order valence-corrected chi connectivity index (χ1v) is 16.8. The van der Waals surface area contributed by atoms with Crippen LogP contribution in [-0.2, 0) is 28.7 Å². The van der Waals surface area contributed by atoms with E-state index in [1.54, 1.807) is 11.8 Å². The molecule has 0 spiro atoms. The molecular formula is C34H50N6O7. The van der Waals surface area contributed by atoms with Gasteiger partial charge in [-0.25, -0.2) is 4.98 Å². The number of nitrogens with one attached hydrogen (secondary N) is 3. The zero-order chi connectivity index (χ0) is 34.5. The van der Waals surface area contributed by atoms with Gasteiger partial charge in [-0.05, 0) is 56.3 Å². The monoisotopic (exact) mass is 654 g/mol. The van der Waals surface area contributed by atoms with Crippen molar-refractivity contribution >= 4 is 35.2 Å². The molecule has 258 valence electrons. The van der Waals surface area contributed by atoms with Gasteiger partial charge >= 0.3 is 0 Å². The number of Topliss-reactive ketones (excluding diaryl/α,β-unsaturated/α-hetero) is 2. The standard InChI is InChI=1S/C34H50N6O7/c1-7-9-24(28(42)32(45)37-21-12-13-21)38-31(44)27-22-11-8-10-20(22)18-40(27)33(46)29(34(3,4)5)39-30(43)23(19(2)47-6)16-26(41)25-17-35-14-15-36-25/h14-15,17,19-24,27,29H,7-13,16,18H2,1-6H3,(H,37,45)(H,38,44)(H,39,43)/t19-,20+,22+,23+,24+,27+,29-/m1/s1. The van der Waals surface area contributed by atoms with Crippen LogP contribution in [-0.4, -0.2) is 94.0 Å². The number of aromatic nitrogens is 2. The van der Waals surface area contributed by atoms with Crippen molar-refractivity contribution in [2.45, 2.75) is 116 Å². The van der Waals surface area contributed by atoms with E-state index >= 15 is 0 Å². The number of hydrogen-bond acceptors (Lipinski definition) is 9. The van der Waals surface area contributed by atoms with Crippen molar-refractivity contribution in [3.8, 4) is 0 Å². The summed E-state index contributed by atoms with van der Waals surface area (Å²) < 4.78 is 5.46. The first-order valence-electron chi connectivity index (χ1n) is 16.8. The lowest BCUT2D eigenvalue weighted by Gasteiger charge is -2.37. The summed E-state index contributed by atoms with van der Waals surface area (Å²) in [4.78, 5) is 90.5. The van der Waals surface area contributed by atoms with Gasteiger partial charge in [0.25, 0.3) is 5.91 Å². The van der Waals surface area contributed by atoms with E-state index in [1.165, 1.54) is 25.7 Å². The van der Waals surface area contributed by atoms with Crippen molar-refractivity contribution in [3.63, 3.8) is 0 Å². The Morgan fingerprint density at radius 1 is 1.04 bits per heavy atom. The van der Waals surface area contributed by atoms with Gasteiger partial charge in [-0.15, -0.1) is 0 Å². The second-order valence-electron chi connectivity index (χ2n) is 14.3. The highest BCUT2D eigenvalue weighted by Gasteiger charge is 2.52. The number of rotatable bonds is 15. The van der Waals surface area contributed by atoms with E-state index in [1.807, 2.05) is 27.7 Å². The average molecular weight is 655 g/mol. The lowest BCUT2D eigenvalue weighted by molar-refractivity contribution is -0.146. The predicted octanol–water partition coefficient (Wildman–Crippen LogP) is 1.99. The molecule has 13 heteroatoms. The summed E-state index contributed by atoms with van der Waals surface area (Å²) in [6.07, 6.45) is 8.42. The molecule has 2 heterocycles. The third kappa shape index (κ3) is 8.79. The zero-order valence-corrected chi connectivity index (χ0v) is 28.4. The van der Waals surface area contributed by atoms with Crippen molar-refractivity contribution in [2.24, 2.45) is 23.2 Å². The molecule has 0 bridgehead atoms. The fourth-order valence-electron chi connectivity index (χ4n) is 6.77. The second kappa shape index (κ2) is 15.4. The summed E-state index contributed by atoms with van der Waals surface area (Å²) >= 11 is 0. The first kappa shape index (κ1) is 36.1. The molecule has 2 saturated carbocycles. The van der Waals surface area contributed by atoms with Crippen LogP contribution in [0.25, 0.3) is 0 Å². The van der Waals surface area contributed by atoms with Crippen LogP contribution in [0.4, 0.5) is 0 Å². The van der Waals surface area contributed by atoms with E-state index in [0.29, 0.717) is 19.4 Å². The molecule has 0 unspecified atom stereocenters. The van der Waals surface area contributed by atoms with Crippen molar-refractivity contribution in [1.29, 1.82) is 0 Å². The van der Waals surface area contributed by atoms with Crippen molar-refractivity contribution in [2.75, 3.05) is 13.7 Å². The van der Waals surface area contributed by atoms with Crippen molar-refractivity contribution in [1.82, 2.24) is 30.8 Å². The Bertz CT molecular complexity index is 1330. The Morgan fingerprint density at radius 2 is 1.77 bits per heavy atom. The van der Waals surface area contributed by atoms with E-state index in [-0.39, 0.29) is 35.8 Å². The molecule has 3 aliphatic rings. The van der Waals surface area contributed by atoms with E-state index in [2.05, 4.69) is 25.9 Å². The number of amides is 4. The van der Waals surface area contributed by atoms with Gasteiger partial charge in [-0.2, -0.15) is 0 Å². The fourth-order valence-corrected chi connectivity index (χ4v) is 6.77. The topological polar surface area (TPSA) is 177 Å². The smallest absolute Gasteiger partial charge is 0.289 e. The van der Waals surface area contributed by atoms with Crippen LogP contribution < -0.4 is 16.0 Å². The molecule has 1 aromatic rings. The largest absolute Gasteiger partial charge is 0.381 e. The summed E-state index contributed by atoms with van der Waals surface area (Å²) in [6, 6.07) is -2.86. The second-order valence-corrected chi connectivity index (χ2v) is 14.3. The average Bonchev–Trinajstić information content (AvgIpc) is 3.61. The zero-order valence-electron chi connectivity index (χ0n) is 28.4. The summed E-state index contributed by atoms with van der Waals surface area (Å²) in [5, 5.41) is 8.45. The van der Waals surface area contributed by atoms with Crippen molar-refractivity contribution in [3.05, 3.63) is 24.3 Å². The minimum atomic E-state index is -1.03. The van der Waals surface area contributed by atoms with Crippen LogP contribution in [0, 0.1) is 23.2 Å². The Hall–Kier alpha value is -3.74. The minimum Gasteiger partial charge on any atom is -0.381 e. The van der Waals surface area contributed by atoms with Crippen LogP contribution in [0.15, 0.2) is 18.6 Å². The highest BCUT2D eigenvalue weighted by Crippen LogP contribution is 2.43. The molecule has 7 atom stereocenters. The molecule has 1 aromatic heterocycles. The highest BCUT2D eigenvalue weighted by atomic mass is 16.5. The SMILES string of the molecule is CCC[C@H](NC(=O)[C@@H]1[C@H]2CCC[C@H]2CN1C(=O)[C@@H](NC(=O)[C@@H](CC(=O)c1cnccn1)[C@@H](C)OC)C(C)(C)C)C(=O)C(=O)NC1CC1. The summed E-state index contributed by atoms with van der Waals surface area (Å²) in [6.45, 7) is 9.39. The van der Waals surface area contributed by atoms with Crippen LogP contribution in [0.3, 0.4) is 0 Å². The van der Waals surface area contributed by atoms with E-state index in [0.717, 1.165) is 32.1 Å². The number of hydrogen-bond donors (Lipinski definition) is 3. The molecular weight excluding hydrogens is 604 g/mol. The molecule has 13 nitrogen and oxygen atoms in total. The van der Waals surface area contributed by atoms with Gasteiger partial charge in [0.1, 0.15) is 17.8 Å². The van der Waals surface area contributed by atoms with Gasteiger partial charge in [0.2, 0.25) is 23.5 Å². The molecule has 0 aromatic carbocycles. The van der Waals surface area contributed by atoms with Crippen molar-refractivity contribution < 1.29 is 33.5 Å². The van der Waals surface area contributed by atoms with Gasteiger partial charge in [-0.1, -0.05) is 40.5 Å². The Morgan fingerprint density at radius 3 is 2.36 bits per heavy atom. The lowest BCUT2D eigenvalue weighted by atomic mass is 9.84. The first-order chi connectivity index (χ1) is 22.3. The molecule has 4 rings (SSSR count). The van der Waals surface area contributed by atoms with Crippen LogP contribution in [0.1, 0.15) is 96.5 Å². The molecule has 3 N–H and O–H groups in total. The van der Waals surface area contributed by atoms with Crippen LogP contribution >= 0.6 is 0 Å². The highest BCUT2D eigenvalue weighted by molar-refractivity contribution is 6.38. The molecule has 47 heavy (non-hydrogen) atoms. The molecule has 0 radical (unpaired) electrons. The summed E-state index contributed by atoms with van der Waals surface area (Å²) in [7, 11) is 1.45. The number of ketones is 2. The maximum Gasteiger partial charge on any atom is 0.289 e. The molecule has 1 aliphatic heterocycles. The van der Waals surface area contributed by atoms with Crippen LogP contribution in [0.5, 0.6) is 0 Å². The summed E-state index contributed by atoms with van der Waals surface area (Å²) in [5.41, 5.74) is -0.637. The predicted molar refractivity (Wildman–Crippen MR) is 172 cm³/mol. The maximum absolute atomic E-state index is 14.4. The van der Waals surface area contributed by atoms with Gasteiger partial charge in [0.05, 0.1) is 24.3 Å². The quantitative estimate of drug-likeness (QED) is 0.189. The third-order valence-electron chi connectivity index (χ3n) is 9.72. The Labute approximate surface area is 276 Å². The number of carbonyl (C=O) groups is 6. The van der Waals surface area contributed by atoms with Gasteiger partial charge < -0.3 is 25.6 Å². The number of nitrogens with zero attached hydrogens (tertiary/aromatic N) is 3. The van der Waals surface area contributed by atoms with Gasteiger partial charge in [0.15, 0.2) is 5.78 Å². The Balaban J connectivity index is 1.55. The fraction of sp³-hybridized carbons (Fsp3) is 0.706. The molecule has 4 amide bonds. The van der Waals surface area contributed by atoms with Gasteiger partial charge in [0, 0.05) is 38.5 Å². The van der Waals surface area contributed by atoms with E-state index in [9.17, 15) is 28.8 Å². The van der Waals surface area contributed by atoms with E-state index < -0.39 is 65.0 Å².